The predicted molar refractivity (Wildman–Crippen MR) is 40.3 cm³/mol. The summed E-state index contributed by atoms with van der Waals surface area (Å²) in [5.41, 5.74) is 0. The van der Waals surface area contributed by atoms with E-state index in [9.17, 15) is 0 Å². The Balaban J connectivity index is 2.12. The number of hydrogen-bond acceptors (Lipinski definition) is 1. The van der Waals surface area contributed by atoms with E-state index in [-0.39, 0.29) is 0 Å². The van der Waals surface area contributed by atoms with E-state index in [1.54, 1.807) is 0 Å². The maximum Gasteiger partial charge on any atom is 0.116 e. The first-order valence-electron chi connectivity index (χ1n) is 2.56. The fraction of sp³-hybridized carbons (Fsp3) is 1.00. The van der Waals surface area contributed by atoms with Crippen molar-refractivity contribution in [2.75, 3.05) is 29.3 Å². The second-order valence-corrected chi connectivity index (χ2v) is 5.41. The van der Waals surface area contributed by atoms with Crippen LogP contribution in [0.4, 0.5) is 0 Å². The normalized spacial score (nSPS) is 25.3. The van der Waals surface area contributed by atoms with Crippen LogP contribution in [0.25, 0.3) is 0 Å². The van der Waals surface area contributed by atoms with E-state index in [1.807, 2.05) is 0 Å². The van der Waals surface area contributed by atoms with Gasteiger partial charge in [0.1, 0.15) is 11.5 Å². The topological polar surface area (TPSA) is 0 Å². The van der Waals surface area contributed by atoms with E-state index in [0.29, 0.717) is 0 Å². The largest absolute Gasteiger partial charge is 0.152 e. The highest BCUT2D eigenvalue weighted by Gasteiger charge is 2.14. The zero-order chi connectivity index (χ0) is 5.11. The quantitative estimate of drug-likeness (QED) is 0.446. The molecule has 2 heteroatoms. The summed E-state index contributed by atoms with van der Waals surface area (Å²) >= 11 is 2.11. The maximum atomic E-state index is 2.37. The molecule has 0 aromatic carbocycles. The Hall–Kier alpha value is 0.700. The highest BCUT2D eigenvalue weighted by molar-refractivity contribution is 8.04. The standard InChI is InChI=1S/C5H11S2/c1-7-4-2-6-3-5-7/h2-5H2,1H3/q+1. The average molecular weight is 135 g/mol. The Morgan fingerprint density at radius 2 is 1.86 bits per heavy atom. The van der Waals surface area contributed by atoms with Crippen molar-refractivity contribution in [2.24, 2.45) is 0 Å². The first kappa shape index (κ1) is 5.83. The lowest BCUT2D eigenvalue weighted by molar-refractivity contribution is 1.40. The van der Waals surface area contributed by atoms with Gasteiger partial charge in [0.05, 0.1) is 6.26 Å². The molecular weight excluding hydrogens is 124 g/mol. The highest BCUT2D eigenvalue weighted by Crippen LogP contribution is 2.10. The summed E-state index contributed by atoms with van der Waals surface area (Å²) < 4.78 is 0. The molecule has 0 N–H and O–H groups in total. The van der Waals surface area contributed by atoms with Gasteiger partial charge < -0.3 is 0 Å². The van der Waals surface area contributed by atoms with Crippen LogP contribution in [0, 0.1) is 0 Å². The van der Waals surface area contributed by atoms with E-state index in [1.165, 1.54) is 23.0 Å². The summed E-state index contributed by atoms with van der Waals surface area (Å²) in [4.78, 5) is 0. The van der Waals surface area contributed by atoms with E-state index in [0.717, 1.165) is 10.9 Å². The first-order valence-corrected chi connectivity index (χ1v) is 5.69. The minimum atomic E-state index is 0.789. The lowest BCUT2D eigenvalue weighted by Gasteiger charge is -2.07. The average Bonchev–Trinajstić information content (AvgIpc) is 1.69. The van der Waals surface area contributed by atoms with Crippen LogP contribution >= 0.6 is 11.8 Å². The van der Waals surface area contributed by atoms with Gasteiger partial charge in [-0.25, -0.2) is 0 Å². The molecule has 0 unspecified atom stereocenters. The monoisotopic (exact) mass is 135 g/mol. The Bertz CT molecular complexity index is 48.0. The van der Waals surface area contributed by atoms with Crippen LogP contribution in [-0.4, -0.2) is 29.3 Å². The van der Waals surface area contributed by atoms with Crippen molar-refractivity contribution in [1.29, 1.82) is 0 Å². The van der Waals surface area contributed by atoms with Crippen LogP contribution in [-0.2, 0) is 10.9 Å². The van der Waals surface area contributed by atoms with Gasteiger partial charge in [-0.3, -0.25) is 0 Å². The third-order valence-corrected chi connectivity index (χ3v) is 4.46. The lowest BCUT2D eigenvalue weighted by atomic mass is 10.9. The SMILES string of the molecule is C[S+]1CCSCC1. The predicted octanol–water partition coefficient (Wildman–Crippen LogP) is 0.981. The van der Waals surface area contributed by atoms with Gasteiger partial charge in [-0.1, -0.05) is 0 Å². The summed E-state index contributed by atoms with van der Waals surface area (Å²) in [6.07, 6.45) is 2.37. The minimum Gasteiger partial charge on any atom is -0.152 e. The van der Waals surface area contributed by atoms with Crippen molar-refractivity contribution in [1.82, 2.24) is 0 Å². The molecule has 0 bridgehead atoms. The molecule has 1 rings (SSSR count). The molecule has 1 aliphatic rings. The number of thioether (sulfide) groups is 1. The van der Waals surface area contributed by atoms with E-state index < -0.39 is 0 Å². The Morgan fingerprint density at radius 1 is 1.29 bits per heavy atom. The molecule has 0 nitrogen and oxygen atoms in total. The molecule has 0 spiro atoms. The summed E-state index contributed by atoms with van der Waals surface area (Å²) in [5.74, 6) is 5.79. The van der Waals surface area contributed by atoms with Crippen LogP contribution in [0.2, 0.25) is 0 Å². The smallest absolute Gasteiger partial charge is 0.116 e. The van der Waals surface area contributed by atoms with Crippen molar-refractivity contribution >= 4 is 22.7 Å². The molecular formula is C5H11S2+. The molecule has 1 saturated heterocycles. The molecule has 0 aromatic rings. The van der Waals surface area contributed by atoms with Gasteiger partial charge in [0.25, 0.3) is 0 Å². The van der Waals surface area contributed by atoms with Crippen LogP contribution in [0.15, 0.2) is 0 Å². The molecule has 0 radical (unpaired) electrons. The maximum absolute atomic E-state index is 2.37. The summed E-state index contributed by atoms with van der Waals surface area (Å²) in [7, 11) is 0.789. The highest BCUT2D eigenvalue weighted by atomic mass is 32.2. The molecule has 1 aliphatic heterocycles. The van der Waals surface area contributed by atoms with Crippen molar-refractivity contribution in [3.8, 4) is 0 Å². The summed E-state index contributed by atoms with van der Waals surface area (Å²) in [5, 5.41) is 0. The fourth-order valence-electron chi connectivity index (χ4n) is 0.606. The molecule has 0 aliphatic carbocycles. The molecule has 1 heterocycles. The van der Waals surface area contributed by atoms with Gasteiger partial charge >= 0.3 is 0 Å². The van der Waals surface area contributed by atoms with Crippen molar-refractivity contribution < 1.29 is 0 Å². The van der Waals surface area contributed by atoms with Crippen LogP contribution < -0.4 is 0 Å². The van der Waals surface area contributed by atoms with Crippen molar-refractivity contribution in [2.45, 2.75) is 0 Å². The Labute approximate surface area is 52.4 Å². The molecule has 0 saturated carbocycles. The van der Waals surface area contributed by atoms with Gasteiger partial charge in [0.2, 0.25) is 0 Å². The second kappa shape index (κ2) is 2.88. The zero-order valence-electron chi connectivity index (χ0n) is 4.64. The fourth-order valence-corrected chi connectivity index (χ4v) is 4.23. The van der Waals surface area contributed by atoms with E-state index >= 15 is 0 Å². The minimum absolute atomic E-state index is 0.789. The van der Waals surface area contributed by atoms with E-state index in [4.69, 9.17) is 0 Å². The Morgan fingerprint density at radius 3 is 2.14 bits per heavy atom. The van der Waals surface area contributed by atoms with Gasteiger partial charge in [-0.2, -0.15) is 11.8 Å². The molecule has 0 atom stereocenters. The van der Waals surface area contributed by atoms with Gasteiger partial charge in [0, 0.05) is 11.5 Å². The molecule has 1 fully saturated rings. The van der Waals surface area contributed by atoms with Gasteiger partial charge in [-0.15, -0.1) is 0 Å². The van der Waals surface area contributed by atoms with Crippen molar-refractivity contribution in [3.05, 3.63) is 0 Å². The lowest BCUT2D eigenvalue weighted by Crippen LogP contribution is -2.18. The molecule has 0 amide bonds. The van der Waals surface area contributed by atoms with Gasteiger partial charge in [-0.05, 0) is 10.9 Å². The second-order valence-electron chi connectivity index (χ2n) is 1.80. The zero-order valence-corrected chi connectivity index (χ0v) is 6.28. The van der Waals surface area contributed by atoms with E-state index in [2.05, 4.69) is 18.0 Å². The molecule has 0 aromatic heterocycles. The molecule has 42 valence electrons. The van der Waals surface area contributed by atoms with Gasteiger partial charge in [0.15, 0.2) is 0 Å². The third kappa shape index (κ3) is 1.96. The van der Waals surface area contributed by atoms with Crippen LogP contribution in [0.5, 0.6) is 0 Å². The van der Waals surface area contributed by atoms with Crippen molar-refractivity contribution in [3.63, 3.8) is 0 Å². The number of hydrogen-bond donors (Lipinski definition) is 0. The summed E-state index contributed by atoms with van der Waals surface area (Å²) in [6, 6.07) is 0. The van der Waals surface area contributed by atoms with Crippen LogP contribution in [0.3, 0.4) is 0 Å². The Kier molecular flexibility index (Phi) is 2.40. The van der Waals surface area contributed by atoms with Crippen LogP contribution in [0.1, 0.15) is 0 Å². The summed E-state index contributed by atoms with van der Waals surface area (Å²) in [6.45, 7) is 0. The molecule has 7 heavy (non-hydrogen) atoms. The third-order valence-electron chi connectivity index (χ3n) is 1.15. The number of rotatable bonds is 0. The first-order chi connectivity index (χ1) is 3.39.